The largest absolute Gasteiger partial charge is 0.393 e. The Bertz CT molecular complexity index is 405. The molecule has 0 aromatic carbocycles. The second-order valence-electron chi connectivity index (χ2n) is 4.92. The van der Waals surface area contributed by atoms with Crippen molar-refractivity contribution >= 4 is 23.4 Å². The average Bonchev–Trinajstić information content (AvgIpc) is 2.31. The van der Waals surface area contributed by atoms with Crippen LogP contribution in [0, 0.1) is 0 Å². The van der Waals surface area contributed by atoms with Crippen molar-refractivity contribution in [3.05, 3.63) is 11.2 Å². The lowest BCUT2D eigenvalue weighted by Gasteiger charge is -2.26. The third-order valence-corrected chi connectivity index (χ3v) is 3.36. The summed E-state index contributed by atoms with van der Waals surface area (Å²) in [4.78, 5) is 10.5. The lowest BCUT2D eigenvalue weighted by molar-refractivity contribution is 0.126. The summed E-state index contributed by atoms with van der Waals surface area (Å²) in [5.41, 5.74) is 0. The Balaban J connectivity index is 2.04. The molecule has 18 heavy (non-hydrogen) atoms. The molecule has 1 aromatic rings. The molecule has 1 aliphatic rings. The van der Waals surface area contributed by atoms with Crippen molar-refractivity contribution in [1.82, 2.24) is 9.97 Å². The minimum absolute atomic E-state index is 0.152. The third kappa shape index (κ3) is 3.46. The molecule has 100 valence electrons. The second-order valence-corrected chi connectivity index (χ2v) is 5.30. The van der Waals surface area contributed by atoms with E-state index in [1.54, 1.807) is 6.07 Å². The van der Waals surface area contributed by atoms with Crippen molar-refractivity contribution in [2.75, 3.05) is 24.3 Å². The zero-order valence-electron chi connectivity index (χ0n) is 10.7. The molecule has 0 bridgehead atoms. The monoisotopic (exact) mass is 270 g/mol. The fraction of sp³-hybridized carbons (Fsp3) is 0.667. The van der Waals surface area contributed by atoms with Crippen molar-refractivity contribution in [3.8, 4) is 0 Å². The highest BCUT2D eigenvalue weighted by atomic mass is 35.5. The summed E-state index contributed by atoms with van der Waals surface area (Å²) in [6.07, 6.45) is 3.39. The van der Waals surface area contributed by atoms with Gasteiger partial charge in [-0.25, -0.2) is 4.98 Å². The van der Waals surface area contributed by atoms with Crippen LogP contribution in [-0.2, 0) is 0 Å². The lowest BCUT2D eigenvalue weighted by Crippen LogP contribution is -2.29. The van der Waals surface area contributed by atoms with Gasteiger partial charge in [0.05, 0.1) is 6.10 Å². The average molecular weight is 271 g/mol. The summed E-state index contributed by atoms with van der Waals surface area (Å²) >= 11 is 5.98. The van der Waals surface area contributed by atoms with Crippen LogP contribution >= 0.6 is 11.6 Å². The maximum absolute atomic E-state index is 9.47. The molecule has 0 amide bonds. The van der Waals surface area contributed by atoms with E-state index in [-0.39, 0.29) is 6.10 Å². The van der Waals surface area contributed by atoms with Crippen LogP contribution in [0.3, 0.4) is 0 Å². The van der Waals surface area contributed by atoms with E-state index in [1.165, 1.54) is 0 Å². The minimum atomic E-state index is -0.152. The maximum Gasteiger partial charge on any atom is 0.226 e. The fourth-order valence-electron chi connectivity index (χ4n) is 2.10. The Labute approximate surface area is 112 Å². The SMILES string of the molecule is CN(C)c1cc(Cl)nc(NC2CCC(O)CC2)n1. The number of aromatic nitrogens is 2. The van der Waals surface area contributed by atoms with Gasteiger partial charge < -0.3 is 15.3 Å². The summed E-state index contributed by atoms with van der Waals surface area (Å²) in [5.74, 6) is 1.35. The van der Waals surface area contributed by atoms with Crippen LogP contribution in [0.25, 0.3) is 0 Å². The molecule has 1 aliphatic carbocycles. The van der Waals surface area contributed by atoms with Crippen molar-refractivity contribution in [2.24, 2.45) is 0 Å². The second kappa shape index (κ2) is 5.71. The number of aliphatic hydroxyl groups excluding tert-OH is 1. The van der Waals surface area contributed by atoms with Crippen molar-refractivity contribution < 1.29 is 5.11 Å². The van der Waals surface area contributed by atoms with E-state index in [2.05, 4.69) is 15.3 Å². The molecule has 0 unspecified atom stereocenters. The zero-order chi connectivity index (χ0) is 13.1. The van der Waals surface area contributed by atoms with Crippen molar-refractivity contribution in [1.29, 1.82) is 0 Å². The molecule has 1 heterocycles. The quantitative estimate of drug-likeness (QED) is 0.822. The van der Waals surface area contributed by atoms with Crippen LogP contribution in [0.1, 0.15) is 25.7 Å². The molecule has 0 atom stereocenters. The highest BCUT2D eigenvalue weighted by Crippen LogP contribution is 2.22. The highest BCUT2D eigenvalue weighted by molar-refractivity contribution is 6.29. The Morgan fingerprint density at radius 3 is 2.56 bits per heavy atom. The molecule has 6 heteroatoms. The number of hydrogen-bond donors (Lipinski definition) is 2. The van der Waals surface area contributed by atoms with Gasteiger partial charge in [-0.3, -0.25) is 0 Å². The molecule has 2 rings (SSSR count). The number of aliphatic hydroxyl groups is 1. The number of anilines is 2. The molecular formula is C12H19ClN4O. The van der Waals surface area contributed by atoms with E-state index >= 15 is 0 Å². The number of nitrogens with zero attached hydrogens (tertiary/aromatic N) is 3. The Morgan fingerprint density at radius 2 is 1.94 bits per heavy atom. The first-order chi connectivity index (χ1) is 8.54. The van der Waals surface area contributed by atoms with Crippen LogP contribution in [-0.4, -0.2) is 41.3 Å². The standard InChI is InChI=1S/C12H19ClN4O/c1-17(2)11-7-10(13)15-12(16-11)14-8-3-5-9(18)6-4-8/h7-9,18H,3-6H2,1-2H3,(H,14,15,16). The van der Waals surface area contributed by atoms with E-state index < -0.39 is 0 Å². The van der Waals surface area contributed by atoms with E-state index in [9.17, 15) is 5.11 Å². The van der Waals surface area contributed by atoms with Gasteiger partial charge in [-0.15, -0.1) is 0 Å². The number of rotatable bonds is 3. The molecule has 0 spiro atoms. The van der Waals surface area contributed by atoms with Gasteiger partial charge in [-0.05, 0) is 25.7 Å². The van der Waals surface area contributed by atoms with Gasteiger partial charge in [0.25, 0.3) is 0 Å². The van der Waals surface area contributed by atoms with Crippen LogP contribution in [0.4, 0.5) is 11.8 Å². The molecule has 5 nitrogen and oxygen atoms in total. The topological polar surface area (TPSA) is 61.3 Å². The zero-order valence-corrected chi connectivity index (χ0v) is 11.5. The fourth-order valence-corrected chi connectivity index (χ4v) is 2.28. The van der Waals surface area contributed by atoms with Gasteiger partial charge in [-0.2, -0.15) is 4.98 Å². The Kier molecular flexibility index (Phi) is 4.24. The van der Waals surface area contributed by atoms with Crippen LogP contribution < -0.4 is 10.2 Å². The minimum Gasteiger partial charge on any atom is -0.393 e. The molecule has 1 aromatic heterocycles. The third-order valence-electron chi connectivity index (χ3n) is 3.17. The van der Waals surface area contributed by atoms with Gasteiger partial charge in [0.2, 0.25) is 5.95 Å². The first-order valence-electron chi connectivity index (χ1n) is 6.21. The highest BCUT2D eigenvalue weighted by Gasteiger charge is 2.20. The number of halogens is 1. The van der Waals surface area contributed by atoms with Gasteiger partial charge in [0, 0.05) is 26.2 Å². The first-order valence-corrected chi connectivity index (χ1v) is 6.59. The van der Waals surface area contributed by atoms with E-state index in [0.29, 0.717) is 17.1 Å². The Hall–Kier alpha value is -1.07. The van der Waals surface area contributed by atoms with Gasteiger partial charge in [0.15, 0.2) is 0 Å². The molecule has 0 radical (unpaired) electrons. The number of nitrogens with one attached hydrogen (secondary N) is 1. The van der Waals surface area contributed by atoms with Gasteiger partial charge in [-0.1, -0.05) is 11.6 Å². The maximum atomic E-state index is 9.47. The summed E-state index contributed by atoms with van der Waals surface area (Å²) in [6.45, 7) is 0. The first kappa shape index (κ1) is 13.4. The summed E-state index contributed by atoms with van der Waals surface area (Å²) in [5, 5.41) is 13.2. The summed E-state index contributed by atoms with van der Waals surface area (Å²) < 4.78 is 0. The van der Waals surface area contributed by atoms with Crippen LogP contribution in [0.5, 0.6) is 0 Å². The van der Waals surface area contributed by atoms with E-state index in [1.807, 2.05) is 19.0 Å². The summed E-state index contributed by atoms with van der Waals surface area (Å²) in [7, 11) is 3.83. The van der Waals surface area contributed by atoms with E-state index in [4.69, 9.17) is 11.6 Å². The van der Waals surface area contributed by atoms with E-state index in [0.717, 1.165) is 31.5 Å². The molecular weight excluding hydrogens is 252 g/mol. The molecule has 1 saturated carbocycles. The van der Waals surface area contributed by atoms with Gasteiger partial charge in [0.1, 0.15) is 11.0 Å². The predicted octanol–water partition coefficient (Wildman–Crippen LogP) is 1.91. The van der Waals surface area contributed by atoms with Gasteiger partial charge >= 0.3 is 0 Å². The summed E-state index contributed by atoms with van der Waals surface area (Å²) in [6, 6.07) is 2.05. The molecule has 1 fully saturated rings. The van der Waals surface area contributed by atoms with Crippen molar-refractivity contribution in [3.63, 3.8) is 0 Å². The molecule has 0 aliphatic heterocycles. The normalized spacial score (nSPS) is 23.8. The lowest BCUT2D eigenvalue weighted by atomic mass is 9.93. The van der Waals surface area contributed by atoms with Crippen LogP contribution in [0.2, 0.25) is 5.15 Å². The predicted molar refractivity (Wildman–Crippen MR) is 73.3 cm³/mol. The smallest absolute Gasteiger partial charge is 0.226 e. The van der Waals surface area contributed by atoms with Crippen LogP contribution in [0.15, 0.2) is 6.07 Å². The van der Waals surface area contributed by atoms with Crippen molar-refractivity contribution in [2.45, 2.75) is 37.8 Å². The number of hydrogen-bond acceptors (Lipinski definition) is 5. The molecule has 2 N–H and O–H groups in total. The molecule has 0 saturated heterocycles. The Morgan fingerprint density at radius 1 is 1.28 bits per heavy atom.